The minimum Gasteiger partial charge on any atom is -0.385 e. The molecule has 2 rings (SSSR count). The van der Waals surface area contributed by atoms with Gasteiger partial charge in [0.15, 0.2) is 0 Å². The molecular formula is C15H22N2O2. The smallest absolute Gasteiger partial charge is 0.251 e. The van der Waals surface area contributed by atoms with Gasteiger partial charge in [0.1, 0.15) is 0 Å². The maximum absolute atomic E-state index is 12.0. The van der Waals surface area contributed by atoms with E-state index in [0.29, 0.717) is 18.0 Å². The molecule has 1 aliphatic heterocycles. The lowest BCUT2D eigenvalue weighted by Crippen LogP contribution is -2.31. The van der Waals surface area contributed by atoms with Gasteiger partial charge in [0, 0.05) is 36.9 Å². The van der Waals surface area contributed by atoms with Crippen molar-refractivity contribution in [2.75, 3.05) is 25.0 Å². The van der Waals surface area contributed by atoms with Crippen molar-refractivity contribution in [1.82, 2.24) is 5.32 Å². The second kappa shape index (κ2) is 6.57. The minimum atomic E-state index is -0.0119. The van der Waals surface area contributed by atoms with Crippen molar-refractivity contribution in [2.45, 2.75) is 26.4 Å². The zero-order chi connectivity index (χ0) is 13.7. The van der Waals surface area contributed by atoms with Crippen molar-refractivity contribution in [1.29, 1.82) is 0 Å². The van der Waals surface area contributed by atoms with Crippen LogP contribution in [-0.2, 0) is 4.74 Å². The van der Waals surface area contributed by atoms with Gasteiger partial charge in [0.2, 0.25) is 0 Å². The van der Waals surface area contributed by atoms with E-state index in [9.17, 15) is 4.79 Å². The number of rotatable bonds is 5. The topological polar surface area (TPSA) is 50.4 Å². The van der Waals surface area contributed by atoms with Crippen LogP contribution in [0.4, 0.5) is 5.69 Å². The summed E-state index contributed by atoms with van der Waals surface area (Å²) in [5, 5.41) is 6.19. The number of carbonyl (C=O) groups excluding carboxylic acids is 1. The highest BCUT2D eigenvalue weighted by molar-refractivity contribution is 5.94. The number of hydrogen-bond donors (Lipinski definition) is 2. The summed E-state index contributed by atoms with van der Waals surface area (Å²) in [6, 6.07) is 7.56. The fourth-order valence-corrected chi connectivity index (χ4v) is 2.31. The number of nitrogens with one attached hydrogen (secondary N) is 2. The van der Waals surface area contributed by atoms with Gasteiger partial charge >= 0.3 is 0 Å². The highest BCUT2D eigenvalue weighted by Gasteiger charge is 2.24. The highest BCUT2D eigenvalue weighted by Crippen LogP contribution is 2.19. The van der Waals surface area contributed by atoms with E-state index in [1.54, 1.807) is 0 Å². The average molecular weight is 262 g/mol. The summed E-state index contributed by atoms with van der Waals surface area (Å²) in [5.41, 5.74) is 1.74. The van der Waals surface area contributed by atoms with Crippen LogP contribution in [0.2, 0.25) is 0 Å². The lowest BCUT2D eigenvalue weighted by atomic mass is 10.0. The molecule has 2 N–H and O–H groups in total. The molecule has 0 spiro atoms. The summed E-state index contributed by atoms with van der Waals surface area (Å²) in [6.07, 6.45) is 1.28. The third kappa shape index (κ3) is 3.70. The van der Waals surface area contributed by atoms with E-state index in [0.717, 1.165) is 25.3 Å². The van der Waals surface area contributed by atoms with Crippen molar-refractivity contribution in [3.63, 3.8) is 0 Å². The zero-order valence-electron chi connectivity index (χ0n) is 11.6. The summed E-state index contributed by atoms with van der Waals surface area (Å²) in [4.78, 5) is 12.0. The van der Waals surface area contributed by atoms with Gasteiger partial charge in [-0.15, -0.1) is 0 Å². The molecule has 2 atom stereocenters. The molecule has 0 saturated carbocycles. The lowest BCUT2D eigenvalue weighted by molar-refractivity contribution is 0.0907. The first-order valence-corrected chi connectivity index (χ1v) is 6.94. The maximum Gasteiger partial charge on any atom is 0.251 e. The highest BCUT2D eigenvalue weighted by atomic mass is 16.5. The second-order valence-corrected chi connectivity index (χ2v) is 4.94. The van der Waals surface area contributed by atoms with Gasteiger partial charge in [-0.2, -0.15) is 0 Å². The summed E-state index contributed by atoms with van der Waals surface area (Å²) in [6.45, 7) is 6.49. The summed E-state index contributed by atoms with van der Waals surface area (Å²) < 4.78 is 5.49. The van der Waals surface area contributed by atoms with Crippen LogP contribution >= 0.6 is 0 Å². The van der Waals surface area contributed by atoms with Crippen LogP contribution in [0.5, 0.6) is 0 Å². The van der Waals surface area contributed by atoms with Gasteiger partial charge in [0.05, 0.1) is 6.10 Å². The molecule has 1 aromatic rings. The SMILES string of the molecule is CCNc1ccc(C(=O)NCC2CCOC2C)cc1. The lowest BCUT2D eigenvalue weighted by Gasteiger charge is -2.14. The molecule has 1 aromatic carbocycles. The van der Waals surface area contributed by atoms with Crippen LogP contribution in [0.25, 0.3) is 0 Å². The third-order valence-electron chi connectivity index (χ3n) is 3.59. The Labute approximate surface area is 114 Å². The van der Waals surface area contributed by atoms with E-state index in [1.807, 2.05) is 31.2 Å². The fraction of sp³-hybridized carbons (Fsp3) is 0.533. The van der Waals surface area contributed by atoms with Gasteiger partial charge in [0.25, 0.3) is 5.91 Å². The van der Waals surface area contributed by atoms with E-state index in [2.05, 4.69) is 17.6 Å². The zero-order valence-corrected chi connectivity index (χ0v) is 11.6. The van der Waals surface area contributed by atoms with E-state index < -0.39 is 0 Å². The van der Waals surface area contributed by atoms with Crippen LogP contribution in [-0.4, -0.2) is 31.7 Å². The Balaban J connectivity index is 1.85. The van der Waals surface area contributed by atoms with Gasteiger partial charge in [-0.05, 0) is 44.5 Å². The first-order valence-electron chi connectivity index (χ1n) is 6.94. The molecule has 1 amide bonds. The largest absolute Gasteiger partial charge is 0.385 e. The molecule has 1 heterocycles. The first kappa shape index (κ1) is 13.9. The third-order valence-corrected chi connectivity index (χ3v) is 3.59. The van der Waals surface area contributed by atoms with Gasteiger partial charge < -0.3 is 15.4 Å². The molecule has 1 fully saturated rings. The summed E-state index contributed by atoms with van der Waals surface area (Å²) in [7, 11) is 0. The number of hydrogen-bond acceptors (Lipinski definition) is 3. The van der Waals surface area contributed by atoms with Crippen molar-refractivity contribution in [3.8, 4) is 0 Å². The van der Waals surface area contributed by atoms with Crippen LogP contribution in [0.3, 0.4) is 0 Å². The van der Waals surface area contributed by atoms with Gasteiger partial charge in [-0.25, -0.2) is 0 Å². The van der Waals surface area contributed by atoms with Gasteiger partial charge in [-0.3, -0.25) is 4.79 Å². The average Bonchev–Trinajstić information content (AvgIpc) is 2.83. The Morgan fingerprint density at radius 1 is 1.37 bits per heavy atom. The minimum absolute atomic E-state index is 0.0119. The molecule has 0 aromatic heterocycles. The number of benzene rings is 1. The number of carbonyl (C=O) groups is 1. The van der Waals surface area contributed by atoms with Crippen LogP contribution < -0.4 is 10.6 Å². The molecular weight excluding hydrogens is 240 g/mol. The number of ether oxygens (including phenoxy) is 1. The first-order chi connectivity index (χ1) is 9.20. The molecule has 1 saturated heterocycles. The predicted molar refractivity (Wildman–Crippen MR) is 76.5 cm³/mol. The predicted octanol–water partition coefficient (Wildman–Crippen LogP) is 2.27. The molecule has 104 valence electrons. The monoisotopic (exact) mass is 262 g/mol. The van der Waals surface area contributed by atoms with Crippen molar-refractivity contribution < 1.29 is 9.53 Å². The molecule has 4 nitrogen and oxygen atoms in total. The Bertz CT molecular complexity index is 417. The second-order valence-electron chi connectivity index (χ2n) is 4.94. The Hall–Kier alpha value is -1.55. The summed E-state index contributed by atoms with van der Waals surface area (Å²) in [5.74, 6) is 0.423. The Morgan fingerprint density at radius 2 is 2.11 bits per heavy atom. The molecule has 0 radical (unpaired) electrons. The fourth-order valence-electron chi connectivity index (χ4n) is 2.31. The van der Waals surface area contributed by atoms with Crippen molar-refractivity contribution >= 4 is 11.6 Å². The Morgan fingerprint density at radius 3 is 2.68 bits per heavy atom. The number of anilines is 1. The normalized spacial score (nSPS) is 22.2. The maximum atomic E-state index is 12.0. The molecule has 4 heteroatoms. The van der Waals surface area contributed by atoms with Gasteiger partial charge in [-0.1, -0.05) is 0 Å². The summed E-state index contributed by atoms with van der Waals surface area (Å²) >= 11 is 0. The molecule has 2 unspecified atom stereocenters. The van der Waals surface area contributed by atoms with E-state index in [-0.39, 0.29) is 12.0 Å². The molecule has 1 aliphatic rings. The number of amides is 1. The standard InChI is InChI=1S/C15H22N2O2/c1-3-16-14-6-4-12(5-7-14)15(18)17-10-13-8-9-19-11(13)2/h4-7,11,13,16H,3,8-10H2,1-2H3,(H,17,18). The van der Waals surface area contributed by atoms with Crippen LogP contribution in [0.1, 0.15) is 30.6 Å². The molecule has 19 heavy (non-hydrogen) atoms. The molecule has 0 bridgehead atoms. The van der Waals surface area contributed by atoms with Crippen molar-refractivity contribution in [2.24, 2.45) is 5.92 Å². The van der Waals surface area contributed by atoms with E-state index in [1.165, 1.54) is 0 Å². The van der Waals surface area contributed by atoms with Crippen LogP contribution in [0, 0.1) is 5.92 Å². The van der Waals surface area contributed by atoms with Crippen molar-refractivity contribution in [3.05, 3.63) is 29.8 Å². The quantitative estimate of drug-likeness (QED) is 0.856. The van der Waals surface area contributed by atoms with Crippen LogP contribution in [0.15, 0.2) is 24.3 Å². The van der Waals surface area contributed by atoms with E-state index in [4.69, 9.17) is 4.74 Å². The Kier molecular flexibility index (Phi) is 4.80. The molecule has 0 aliphatic carbocycles. The van der Waals surface area contributed by atoms with E-state index >= 15 is 0 Å².